The molecule has 0 saturated carbocycles. The van der Waals surface area contributed by atoms with E-state index in [1.54, 1.807) is 41.8 Å². The maximum absolute atomic E-state index is 12.2. The van der Waals surface area contributed by atoms with Gasteiger partial charge in [0.2, 0.25) is 0 Å². The molecule has 0 bridgehead atoms. The number of rotatable bonds is 3. The van der Waals surface area contributed by atoms with Gasteiger partial charge in [-0.05, 0) is 36.4 Å². The Labute approximate surface area is 126 Å². The molecule has 1 heterocycles. The van der Waals surface area contributed by atoms with Crippen molar-refractivity contribution in [2.75, 3.05) is 11.1 Å². The second kappa shape index (κ2) is 5.76. The zero-order chi connectivity index (χ0) is 14.7. The summed E-state index contributed by atoms with van der Waals surface area (Å²) in [6.45, 7) is 0. The van der Waals surface area contributed by atoms with E-state index < -0.39 is 0 Å². The van der Waals surface area contributed by atoms with Gasteiger partial charge in [-0.1, -0.05) is 12.1 Å². The third kappa shape index (κ3) is 3.09. The minimum atomic E-state index is -0.161. The number of carbonyl (C=O) groups is 1. The Morgan fingerprint density at radius 3 is 2.67 bits per heavy atom. The van der Waals surface area contributed by atoms with Crippen LogP contribution in [0.1, 0.15) is 10.4 Å². The molecule has 0 aliphatic carbocycles. The summed E-state index contributed by atoms with van der Waals surface area (Å²) in [5.41, 5.74) is 8.55. The standard InChI is InChI=1S/C16H13N3OS/c17-13-6-4-11(5-7-13)15(20)19-14-3-1-2-12(10-14)16-18-8-9-21-16/h1-10H,17H2,(H,19,20). The predicted octanol–water partition coefficient (Wildman–Crippen LogP) is 3.64. The molecule has 3 aromatic rings. The average Bonchev–Trinajstić information content (AvgIpc) is 3.02. The van der Waals surface area contributed by atoms with Crippen LogP contribution in [-0.4, -0.2) is 10.9 Å². The number of nitrogens with zero attached hydrogens (tertiary/aromatic N) is 1. The quantitative estimate of drug-likeness (QED) is 0.725. The lowest BCUT2D eigenvalue weighted by molar-refractivity contribution is 0.102. The molecule has 3 N–H and O–H groups in total. The number of nitrogens with one attached hydrogen (secondary N) is 1. The molecule has 1 aromatic heterocycles. The summed E-state index contributed by atoms with van der Waals surface area (Å²) < 4.78 is 0. The van der Waals surface area contributed by atoms with E-state index in [0.717, 1.165) is 16.3 Å². The van der Waals surface area contributed by atoms with Gasteiger partial charge >= 0.3 is 0 Å². The fourth-order valence-corrected chi connectivity index (χ4v) is 2.57. The number of benzene rings is 2. The molecule has 0 aliphatic rings. The van der Waals surface area contributed by atoms with Gasteiger partial charge in [-0.2, -0.15) is 0 Å². The highest BCUT2D eigenvalue weighted by Gasteiger charge is 2.07. The zero-order valence-electron chi connectivity index (χ0n) is 11.1. The second-order valence-electron chi connectivity index (χ2n) is 4.49. The van der Waals surface area contributed by atoms with Crippen molar-refractivity contribution >= 4 is 28.6 Å². The monoisotopic (exact) mass is 295 g/mol. The van der Waals surface area contributed by atoms with Crippen molar-refractivity contribution in [1.29, 1.82) is 0 Å². The molecule has 0 fully saturated rings. The third-order valence-corrected chi connectivity index (χ3v) is 3.79. The van der Waals surface area contributed by atoms with Gasteiger partial charge in [0.15, 0.2) is 0 Å². The van der Waals surface area contributed by atoms with Crippen LogP contribution in [0.3, 0.4) is 0 Å². The van der Waals surface area contributed by atoms with Crippen molar-refractivity contribution in [3.63, 3.8) is 0 Å². The highest BCUT2D eigenvalue weighted by molar-refractivity contribution is 7.13. The largest absolute Gasteiger partial charge is 0.399 e. The first-order valence-electron chi connectivity index (χ1n) is 6.39. The Balaban J connectivity index is 1.80. The van der Waals surface area contributed by atoms with Gasteiger partial charge in [0.1, 0.15) is 5.01 Å². The van der Waals surface area contributed by atoms with Crippen molar-refractivity contribution in [3.05, 3.63) is 65.7 Å². The molecular formula is C16H13N3OS. The third-order valence-electron chi connectivity index (χ3n) is 2.97. The molecule has 4 nitrogen and oxygen atoms in total. The van der Waals surface area contributed by atoms with Crippen LogP contribution in [0.2, 0.25) is 0 Å². The summed E-state index contributed by atoms with van der Waals surface area (Å²) in [6.07, 6.45) is 1.76. The van der Waals surface area contributed by atoms with Gasteiger partial charge in [0, 0.05) is 34.1 Å². The van der Waals surface area contributed by atoms with Crippen LogP contribution in [-0.2, 0) is 0 Å². The normalized spacial score (nSPS) is 10.3. The molecule has 0 spiro atoms. The summed E-state index contributed by atoms with van der Waals surface area (Å²) in [5.74, 6) is -0.161. The van der Waals surface area contributed by atoms with Crippen LogP contribution in [0.5, 0.6) is 0 Å². The summed E-state index contributed by atoms with van der Waals surface area (Å²) in [6, 6.07) is 14.5. The Bertz CT molecular complexity index is 751. The first-order chi connectivity index (χ1) is 10.2. The maximum atomic E-state index is 12.2. The van der Waals surface area contributed by atoms with Crippen molar-refractivity contribution < 1.29 is 4.79 Å². The molecule has 0 saturated heterocycles. The van der Waals surface area contributed by atoms with E-state index in [1.807, 2.05) is 29.6 Å². The van der Waals surface area contributed by atoms with Crippen molar-refractivity contribution in [2.24, 2.45) is 0 Å². The molecule has 2 aromatic carbocycles. The van der Waals surface area contributed by atoms with Crippen molar-refractivity contribution in [3.8, 4) is 10.6 Å². The van der Waals surface area contributed by atoms with Gasteiger partial charge in [-0.25, -0.2) is 4.98 Å². The SMILES string of the molecule is Nc1ccc(C(=O)Nc2cccc(-c3nccs3)c2)cc1. The van der Waals surface area contributed by atoms with Crippen LogP contribution in [0, 0.1) is 0 Å². The maximum Gasteiger partial charge on any atom is 0.255 e. The summed E-state index contributed by atoms with van der Waals surface area (Å²) in [4.78, 5) is 16.4. The molecule has 5 heteroatoms. The number of hydrogen-bond donors (Lipinski definition) is 2. The van der Waals surface area contributed by atoms with Gasteiger partial charge in [-0.15, -0.1) is 11.3 Å². The fraction of sp³-hybridized carbons (Fsp3) is 0. The number of amides is 1. The molecule has 1 amide bonds. The van der Waals surface area contributed by atoms with Gasteiger partial charge in [-0.3, -0.25) is 4.79 Å². The number of nitrogen functional groups attached to an aromatic ring is 1. The second-order valence-corrected chi connectivity index (χ2v) is 5.39. The van der Waals surface area contributed by atoms with E-state index in [9.17, 15) is 4.79 Å². The molecule has 0 radical (unpaired) electrons. The van der Waals surface area contributed by atoms with Crippen LogP contribution >= 0.6 is 11.3 Å². The molecule has 0 aliphatic heterocycles. The molecule has 0 atom stereocenters. The zero-order valence-corrected chi connectivity index (χ0v) is 11.9. The fourth-order valence-electron chi connectivity index (χ4n) is 1.93. The van der Waals surface area contributed by atoms with Crippen LogP contribution < -0.4 is 11.1 Å². The summed E-state index contributed by atoms with van der Waals surface area (Å²) in [5, 5.41) is 5.73. The van der Waals surface area contributed by atoms with Gasteiger partial charge < -0.3 is 11.1 Å². The first-order valence-corrected chi connectivity index (χ1v) is 7.27. The van der Waals surface area contributed by atoms with E-state index in [2.05, 4.69) is 10.3 Å². The molecule has 21 heavy (non-hydrogen) atoms. The van der Waals surface area contributed by atoms with E-state index in [-0.39, 0.29) is 5.91 Å². The highest BCUT2D eigenvalue weighted by Crippen LogP contribution is 2.24. The lowest BCUT2D eigenvalue weighted by Crippen LogP contribution is -2.11. The topological polar surface area (TPSA) is 68.0 Å². The summed E-state index contributed by atoms with van der Waals surface area (Å²) in [7, 11) is 0. The minimum Gasteiger partial charge on any atom is -0.399 e. The number of thiazole rings is 1. The minimum absolute atomic E-state index is 0.161. The van der Waals surface area contributed by atoms with Gasteiger partial charge in [0.05, 0.1) is 0 Å². The van der Waals surface area contributed by atoms with Crippen molar-refractivity contribution in [1.82, 2.24) is 4.98 Å². The van der Waals surface area contributed by atoms with Crippen LogP contribution in [0.25, 0.3) is 10.6 Å². The Morgan fingerprint density at radius 2 is 1.95 bits per heavy atom. The van der Waals surface area contributed by atoms with E-state index in [0.29, 0.717) is 11.3 Å². The van der Waals surface area contributed by atoms with E-state index >= 15 is 0 Å². The van der Waals surface area contributed by atoms with E-state index in [4.69, 9.17) is 5.73 Å². The van der Waals surface area contributed by atoms with E-state index in [1.165, 1.54) is 0 Å². The Morgan fingerprint density at radius 1 is 1.14 bits per heavy atom. The van der Waals surface area contributed by atoms with Crippen LogP contribution in [0.15, 0.2) is 60.1 Å². The molecule has 3 rings (SSSR count). The predicted molar refractivity (Wildman–Crippen MR) is 86.4 cm³/mol. The summed E-state index contributed by atoms with van der Waals surface area (Å²) >= 11 is 1.56. The number of nitrogens with two attached hydrogens (primary N) is 1. The molecule has 104 valence electrons. The average molecular weight is 295 g/mol. The first kappa shape index (κ1) is 13.3. The Kier molecular flexibility index (Phi) is 3.66. The molecular weight excluding hydrogens is 282 g/mol. The number of anilines is 2. The smallest absolute Gasteiger partial charge is 0.255 e. The number of carbonyl (C=O) groups excluding carboxylic acids is 1. The van der Waals surface area contributed by atoms with Crippen molar-refractivity contribution in [2.45, 2.75) is 0 Å². The lowest BCUT2D eigenvalue weighted by Gasteiger charge is -2.07. The number of aromatic nitrogens is 1. The van der Waals surface area contributed by atoms with Gasteiger partial charge in [0.25, 0.3) is 5.91 Å². The lowest BCUT2D eigenvalue weighted by atomic mass is 10.1. The van der Waals surface area contributed by atoms with Crippen LogP contribution in [0.4, 0.5) is 11.4 Å². The Hall–Kier alpha value is -2.66. The highest BCUT2D eigenvalue weighted by atomic mass is 32.1. The number of hydrogen-bond acceptors (Lipinski definition) is 4. The molecule has 0 unspecified atom stereocenters.